The summed E-state index contributed by atoms with van der Waals surface area (Å²) in [5, 5.41) is 3.50. The molecule has 5 nitrogen and oxygen atoms in total. The Morgan fingerprint density at radius 1 is 1.15 bits per heavy atom. The van der Waals surface area contributed by atoms with Crippen LogP contribution in [0.15, 0.2) is 63.4 Å². The maximum absolute atomic E-state index is 13.0. The van der Waals surface area contributed by atoms with Crippen LogP contribution in [0, 0.1) is 0 Å². The van der Waals surface area contributed by atoms with Crippen LogP contribution in [0.2, 0.25) is 0 Å². The first kappa shape index (κ1) is 16.4. The lowest BCUT2D eigenvalue weighted by atomic mass is 10.1. The van der Waals surface area contributed by atoms with Gasteiger partial charge < -0.3 is 4.74 Å². The first-order valence-corrected chi connectivity index (χ1v) is 9.85. The molecule has 0 unspecified atom stereocenters. The zero-order valence-corrected chi connectivity index (χ0v) is 16.5. The molecule has 5 aromatic rings. The van der Waals surface area contributed by atoms with Crippen LogP contribution in [0.3, 0.4) is 0 Å². The minimum absolute atomic E-state index is 0.127. The molecule has 27 heavy (non-hydrogen) atoms. The van der Waals surface area contributed by atoms with Crippen molar-refractivity contribution < 1.29 is 4.74 Å². The van der Waals surface area contributed by atoms with Crippen LogP contribution in [0.1, 0.15) is 0 Å². The number of nitrogens with zero attached hydrogens (tertiary/aromatic N) is 3. The van der Waals surface area contributed by atoms with Gasteiger partial charge in [0.1, 0.15) is 16.9 Å². The second-order valence-electron chi connectivity index (χ2n) is 6.07. The molecule has 0 aliphatic carbocycles. The van der Waals surface area contributed by atoms with Crippen LogP contribution in [0.5, 0.6) is 5.75 Å². The highest BCUT2D eigenvalue weighted by Gasteiger charge is 2.15. The van der Waals surface area contributed by atoms with Gasteiger partial charge in [0.25, 0.3) is 5.56 Å². The lowest BCUT2D eigenvalue weighted by Gasteiger charge is -2.07. The largest absolute Gasteiger partial charge is 0.497 e. The molecule has 0 saturated heterocycles. The van der Waals surface area contributed by atoms with E-state index in [0.717, 1.165) is 31.6 Å². The van der Waals surface area contributed by atoms with Crippen molar-refractivity contribution >= 4 is 54.0 Å². The van der Waals surface area contributed by atoms with Crippen molar-refractivity contribution in [3.8, 4) is 16.9 Å². The van der Waals surface area contributed by atoms with Crippen molar-refractivity contribution in [1.29, 1.82) is 0 Å². The lowest BCUT2D eigenvalue weighted by Crippen LogP contribution is -2.15. The maximum atomic E-state index is 13.0. The predicted octanol–water partition coefficient (Wildman–Crippen LogP) is 4.90. The summed E-state index contributed by atoms with van der Waals surface area (Å²) in [4.78, 5) is 23.1. The van der Waals surface area contributed by atoms with Gasteiger partial charge in [0.2, 0.25) is 0 Å². The Labute approximate surface area is 166 Å². The summed E-state index contributed by atoms with van der Waals surface area (Å²) >= 11 is 4.96. The molecule has 0 N–H and O–H groups in total. The maximum Gasteiger partial charge on any atom is 0.267 e. The van der Waals surface area contributed by atoms with Gasteiger partial charge in [0.05, 0.1) is 23.4 Å². The number of fused-ring (bicyclic) bond motifs is 4. The molecule has 0 aliphatic heterocycles. The first-order chi connectivity index (χ1) is 13.2. The molecule has 5 rings (SSSR count). The molecule has 3 aromatic heterocycles. The Balaban J connectivity index is 1.88. The number of rotatable bonds is 2. The number of hydrogen-bond donors (Lipinski definition) is 0. The monoisotopic (exact) mass is 437 g/mol. The fourth-order valence-electron chi connectivity index (χ4n) is 3.21. The Morgan fingerprint density at radius 2 is 1.96 bits per heavy atom. The van der Waals surface area contributed by atoms with E-state index in [4.69, 9.17) is 9.72 Å². The van der Waals surface area contributed by atoms with Gasteiger partial charge in [0, 0.05) is 15.4 Å². The van der Waals surface area contributed by atoms with Gasteiger partial charge in [-0.2, -0.15) is 0 Å². The van der Waals surface area contributed by atoms with Crippen molar-refractivity contribution in [3.63, 3.8) is 0 Å². The van der Waals surface area contributed by atoms with E-state index in [-0.39, 0.29) is 5.56 Å². The Bertz CT molecular complexity index is 1390. The number of aromatic nitrogens is 3. The van der Waals surface area contributed by atoms with E-state index in [2.05, 4.69) is 26.3 Å². The van der Waals surface area contributed by atoms with Crippen LogP contribution in [0.4, 0.5) is 0 Å². The fourth-order valence-corrected chi connectivity index (χ4v) is 4.48. The summed E-state index contributed by atoms with van der Waals surface area (Å²) in [5.74, 6) is 0.798. The van der Waals surface area contributed by atoms with Gasteiger partial charge >= 0.3 is 0 Å². The SMILES string of the molecule is COc1ccc(-c2csc3ncn4c(=O)c5cc(Br)ccc5nc4c23)cc1. The number of benzene rings is 2. The van der Waals surface area contributed by atoms with Crippen molar-refractivity contribution in [2.45, 2.75) is 0 Å². The number of hydrogen-bond acceptors (Lipinski definition) is 5. The van der Waals surface area contributed by atoms with E-state index < -0.39 is 0 Å². The summed E-state index contributed by atoms with van der Waals surface area (Å²) < 4.78 is 7.62. The molecule has 0 atom stereocenters. The quantitative estimate of drug-likeness (QED) is 0.368. The van der Waals surface area contributed by atoms with Crippen LogP contribution in [-0.2, 0) is 0 Å². The predicted molar refractivity (Wildman–Crippen MR) is 112 cm³/mol. The molecule has 132 valence electrons. The smallest absolute Gasteiger partial charge is 0.267 e. The zero-order valence-electron chi connectivity index (χ0n) is 14.1. The zero-order chi connectivity index (χ0) is 18.5. The topological polar surface area (TPSA) is 56.5 Å². The molecule has 2 aromatic carbocycles. The van der Waals surface area contributed by atoms with E-state index >= 15 is 0 Å². The highest BCUT2D eigenvalue weighted by Crippen LogP contribution is 2.35. The summed E-state index contributed by atoms with van der Waals surface area (Å²) in [6.45, 7) is 0. The molecular weight excluding hydrogens is 426 g/mol. The van der Waals surface area contributed by atoms with Crippen LogP contribution < -0.4 is 10.3 Å². The van der Waals surface area contributed by atoms with E-state index in [0.29, 0.717) is 16.6 Å². The standard InChI is InChI=1S/C20H12BrN3O2S/c1-26-13-5-2-11(3-6-13)15-9-27-19-17(15)18-23-16-7-4-12(21)8-14(16)20(25)24(18)10-22-19/h2-10H,1H3. The van der Waals surface area contributed by atoms with Crippen LogP contribution in [-0.4, -0.2) is 21.5 Å². The number of thiophene rings is 1. The Morgan fingerprint density at radius 3 is 2.74 bits per heavy atom. The Kier molecular flexibility index (Phi) is 3.73. The highest BCUT2D eigenvalue weighted by molar-refractivity contribution is 9.10. The van der Waals surface area contributed by atoms with E-state index in [1.54, 1.807) is 30.8 Å². The van der Waals surface area contributed by atoms with E-state index in [9.17, 15) is 4.79 Å². The number of halogens is 1. The molecule has 0 amide bonds. The van der Waals surface area contributed by atoms with E-state index in [1.807, 2.05) is 36.4 Å². The van der Waals surface area contributed by atoms with Gasteiger partial charge in [0.15, 0.2) is 5.65 Å². The number of ether oxygens (including phenoxy) is 1. The van der Waals surface area contributed by atoms with Gasteiger partial charge in [-0.3, -0.25) is 4.79 Å². The van der Waals surface area contributed by atoms with Crippen LogP contribution >= 0.6 is 27.3 Å². The fraction of sp³-hybridized carbons (Fsp3) is 0.0500. The summed E-state index contributed by atoms with van der Waals surface area (Å²) in [6, 6.07) is 13.4. The third-order valence-corrected chi connectivity index (χ3v) is 5.93. The van der Waals surface area contributed by atoms with Crippen molar-refractivity contribution in [2.75, 3.05) is 7.11 Å². The van der Waals surface area contributed by atoms with Crippen molar-refractivity contribution in [1.82, 2.24) is 14.4 Å². The third-order valence-electron chi connectivity index (χ3n) is 4.55. The molecular formula is C20H12BrN3O2S. The van der Waals surface area contributed by atoms with Gasteiger partial charge in [-0.1, -0.05) is 28.1 Å². The molecule has 0 spiro atoms. The Hall–Kier alpha value is -2.77. The molecule has 0 aliphatic rings. The molecule has 0 fully saturated rings. The minimum atomic E-state index is -0.127. The summed E-state index contributed by atoms with van der Waals surface area (Å²) in [7, 11) is 1.65. The second-order valence-corrected chi connectivity index (χ2v) is 7.85. The molecule has 0 radical (unpaired) electrons. The summed E-state index contributed by atoms with van der Waals surface area (Å²) in [6.07, 6.45) is 1.56. The minimum Gasteiger partial charge on any atom is -0.497 e. The van der Waals surface area contributed by atoms with Crippen LogP contribution in [0.25, 0.3) is 37.9 Å². The second kappa shape index (κ2) is 6.14. The van der Waals surface area contributed by atoms with Crippen molar-refractivity contribution in [3.05, 3.63) is 69.0 Å². The normalized spacial score (nSPS) is 11.5. The highest BCUT2D eigenvalue weighted by atomic mass is 79.9. The van der Waals surface area contributed by atoms with E-state index in [1.165, 1.54) is 4.40 Å². The van der Waals surface area contributed by atoms with Gasteiger partial charge in [-0.25, -0.2) is 14.4 Å². The average molecular weight is 438 g/mol. The molecule has 0 bridgehead atoms. The number of methoxy groups -OCH3 is 1. The molecule has 7 heteroatoms. The molecule has 0 saturated carbocycles. The molecule has 3 heterocycles. The summed E-state index contributed by atoms with van der Waals surface area (Å²) in [5.41, 5.74) is 3.20. The average Bonchev–Trinajstić information content (AvgIpc) is 3.13. The van der Waals surface area contributed by atoms with Crippen molar-refractivity contribution in [2.24, 2.45) is 0 Å². The third kappa shape index (κ3) is 2.54. The van der Waals surface area contributed by atoms with Gasteiger partial charge in [-0.15, -0.1) is 11.3 Å². The van der Waals surface area contributed by atoms with Gasteiger partial charge in [-0.05, 0) is 35.9 Å². The lowest BCUT2D eigenvalue weighted by molar-refractivity contribution is 0.415. The first-order valence-electron chi connectivity index (χ1n) is 8.18.